The third kappa shape index (κ3) is 3.70. The lowest BCUT2D eigenvalue weighted by Gasteiger charge is -2.27. The number of sulfonamides is 1. The number of amides is 1. The van der Waals surface area contributed by atoms with Gasteiger partial charge >= 0.3 is 0 Å². The number of ether oxygens (including phenoxy) is 1. The molecule has 2 heterocycles. The Morgan fingerprint density at radius 1 is 1.15 bits per heavy atom. The fourth-order valence-corrected chi connectivity index (χ4v) is 3.81. The van der Waals surface area contributed by atoms with Crippen LogP contribution >= 0.6 is 0 Å². The second-order valence-corrected chi connectivity index (χ2v) is 7.49. The highest BCUT2D eigenvalue weighted by Crippen LogP contribution is 2.23. The summed E-state index contributed by atoms with van der Waals surface area (Å²) in [6, 6.07) is 3.63. The van der Waals surface area contributed by atoms with E-state index in [0.717, 1.165) is 12.1 Å². The summed E-state index contributed by atoms with van der Waals surface area (Å²) in [5.41, 5.74) is -0.00197. The average molecular weight is 385 g/mol. The van der Waals surface area contributed by atoms with Crippen molar-refractivity contribution in [1.29, 1.82) is 0 Å². The summed E-state index contributed by atoms with van der Waals surface area (Å²) in [7, 11) is -2.57. The average Bonchev–Trinajstić information content (AvgIpc) is 2.99. The van der Waals surface area contributed by atoms with Crippen LogP contribution in [0.15, 0.2) is 35.4 Å². The maximum absolute atomic E-state index is 13.2. The summed E-state index contributed by atoms with van der Waals surface area (Å²) in [4.78, 5) is 13.9. The monoisotopic (exact) mass is 385 g/mol. The molecule has 1 aromatic heterocycles. The predicted molar refractivity (Wildman–Crippen MR) is 89.4 cm³/mol. The van der Waals surface area contributed by atoms with Gasteiger partial charge in [0.05, 0.1) is 12.3 Å². The first-order valence-electron chi connectivity index (χ1n) is 7.77. The van der Waals surface area contributed by atoms with Crippen LogP contribution in [0.1, 0.15) is 10.5 Å². The first-order valence-corrected chi connectivity index (χ1v) is 9.26. The summed E-state index contributed by atoms with van der Waals surface area (Å²) in [6.07, 6.45) is 1.33. The number of aromatic nitrogens is 1. The molecule has 0 spiro atoms. The van der Waals surface area contributed by atoms with Gasteiger partial charge in [-0.05, 0) is 18.2 Å². The molecule has 0 fully saturated rings. The van der Waals surface area contributed by atoms with Crippen LogP contribution in [0, 0.1) is 11.6 Å². The Morgan fingerprint density at radius 3 is 2.50 bits per heavy atom. The molecule has 1 aliphatic heterocycles. The largest absolute Gasteiger partial charge is 0.383 e. The predicted octanol–water partition coefficient (Wildman–Crippen LogP) is 1.67. The number of nitrogens with zero attached hydrogens (tertiary/aromatic N) is 2. The quantitative estimate of drug-likeness (QED) is 0.820. The lowest BCUT2D eigenvalue weighted by molar-refractivity contribution is 0.0641. The molecular weight excluding hydrogens is 368 g/mol. The van der Waals surface area contributed by atoms with Crippen LogP contribution in [0.2, 0.25) is 0 Å². The van der Waals surface area contributed by atoms with E-state index in [9.17, 15) is 22.0 Å². The molecule has 0 aliphatic carbocycles. The van der Waals surface area contributed by atoms with Gasteiger partial charge in [0.1, 0.15) is 22.2 Å². The number of fused-ring (bicyclic) bond motifs is 1. The van der Waals surface area contributed by atoms with Crippen LogP contribution in [0.4, 0.5) is 14.5 Å². The Kier molecular flexibility index (Phi) is 4.97. The Morgan fingerprint density at radius 2 is 1.85 bits per heavy atom. The second kappa shape index (κ2) is 7.04. The van der Waals surface area contributed by atoms with Crippen molar-refractivity contribution in [3.8, 4) is 0 Å². The summed E-state index contributed by atoms with van der Waals surface area (Å²) in [5.74, 6) is -2.10. The molecule has 2 aromatic rings. The minimum atomic E-state index is -4.10. The molecule has 3 rings (SSSR count). The molecular formula is C16H17F2N3O4S. The number of nitrogens with one attached hydrogen (secondary N) is 1. The Bertz CT molecular complexity index is 923. The fourth-order valence-electron chi connectivity index (χ4n) is 2.73. The van der Waals surface area contributed by atoms with Crippen molar-refractivity contribution in [2.24, 2.45) is 0 Å². The number of halogens is 2. The topological polar surface area (TPSA) is 80.6 Å². The number of anilines is 1. The van der Waals surface area contributed by atoms with Gasteiger partial charge in [0.25, 0.3) is 15.9 Å². The molecule has 1 aromatic carbocycles. The molecule has 26 heavy (non-hydrogen) atoms. The van der Waals surface area contributed by atoms with E-state index in [4.69, 9.17) is 4.74 Å². The number of hydrogen-bond acceptors (Lipinski definition) is 4. The van der Waals surface area contributed by atoms with Gasteiger partial charge in [0, 0.05) is 39.0 Å². The van der Waals surface area contributed by atoms with E-state index >= 15 is 0 Å². The van der Waals surface area contributed by atoms with Crippen LogP contribution in [0.25, 0.3) is 0 Å². The third-order valence-corrected chi connectivity index (χ3v) is 5.33. The van der Waals surface area contributed by atoms with Crippen molar-refractivity contribution in [3.05, 3.63) is 47.8 Å². The van der Waals surface area contributed by atoms with Crippen LogP contribution in [-0.2, 0) is 21.3 Å². The molecule has 1 N–H and O–H groups in total. The smallest absolute Gasteiger partial charge is 0.270 e. The van der Waals surface area contributed by atoms with E-state index < -0.39 is 21.7 Å². The summed E-state index contributed by atoms with van der Waals surface area (Å²) >= 11 is 0. The SMILES string of the molecule is COCCN1CCn2cc(S(=O)(=O)Nc3cc(F)cc(F)c3)cc2C1=O. The van der Waals surface area contributed by atoms with Gasteiger partial charge in [-0.2, -0.15) is 0 Å². The van der Waals surface area contributed by atoms with Gasteiger partial charge in [0.15, 0.2) is 0 Å². The first kappa shape index (κ1) is 18.3. The maximum atomic E-state index is 13.2. The lowest BCUT2D eigenvalue weighted by atomic mass is 10.3. The molecule has 140 valence electrons. The molecule has 0 saturated carbocycles. The second-order valence-electron chi connectivity index (χ2n) is 5.80. The van der Waals surface area contributed by atoms with Gasteiger partial charge in [-0.3, -0.25) is 9.52 Å². The van der Waals surface area contributed by atoms with Gasteiger partial charge in [-0.1, -0.05) is 0 Å². The van der Waals surface area contributed by atoms with E-state index in [2.05, 4.69) is 4.72 Å². The molecule has 0 bridgehead atoms. The van der Waals surface area contributed by atoms with Gasteiger partial charge in [0.2, 0.25) is 0 Å². The Balaban J connectivity index is 1.85. The highest BCUT2D eigenvalue weighted by Gasteiger charge is 2.28. The Hall–Kier alpha value is -2.46. The molecule has 0 saturated heterocycles. The molecule has 0 atom stereocenters. The van der Waals surface area contributed by atoms with E-state index in [1.807, 2.05) is 0 Å². The summed E-state index contributed by atoms with van der Waals surface area (Å²) in [6.45, 7) is 1.66. The number of hydrogen-bond donors (Lipinski definition) is 1. The Labute approximate surface area is 149 Å². The minimum absolute atomic E-state index is 0.154. The van der Waals surface area contributed by atoms with Crippen molar-refractivity contribution in [3.63, 3.8) is 0 Å². The van der Waals surface area contributed by atoms with E-state index in [1.165, 1.54) is 19.4 Å². The van der Waals surface area contributed by atoms with E-state index in [-0.39, 0.29) is 22.2 Å². The van der Waals surface area contributed by atoms with Crippen molar-refractivity contribution in [2.45, 2.75) is 11.4 Å². The van der Waals surface area contributed by atoms with E-state index in [1.54, 1.807) is 9.47 Å². The number of carbonyl (C=O) groups excluding carboxylic acids is 1. The number of benzene rings is 1. The van der Waals surface area contributed by atoms with Crippen molar-refractivity contribution in [1.82, 2.24) is 9.47 Å². The zero-order valence-electron chi connectivity index (χ0n) is 13.9. The van der Waals surface area contributed by atoms with Gasteiger partial charge in [-0.15, -0.1) is 0 Å². The summed E-state index contributed by atoms with van der Waals surface area (Å²) in [5, 5.41) is 0. The zero-order valence-corrected chi connectivity index (χ0v) is 14.7. The van der Waals surface area contributed by atoms with Gasteiger partial charge < -0.3 is 14.2 Å². The highest BCUT2D eigenvalue weighted by molar-refractivity contribution is 7.92. The number of carbonyl (C=O) groups is 1. The molecule has 0 radical (unpaired) electrons. The van der Waals surface area contributed by atoms with E-state index in [0.29, 0.717) is 32.3 Å². The van der Waals surface area contributed by atoms with Crippen molar-refractivity contribution >= 4 is 21.6 Å². The standard InChI is InChI=1S/C16H17F2N3O4S/c1-25-5-4-20-2-3-21-10-14(9-15(21)16(20)22)26(23,24)19-13-7-11(17)6-12(18)8-13/h6-10,19H,2-5H2,1H3. The highest BCUT2D eigenvalue weighted by atomic mass is 32.2. The normalized spacial score (nSPS) is 14.4. The molecule has 1 amide bonds. The summed E-state index contributed by atoms with van der Waals surface area (Å²) < 4.78 is 60.1. The molecule has 7 nitrogen and oxygen atoms in total. The zero-order chi connectivity index (χ0) is 18.9. The molecule has 10 heteroatoms. The van der Waals surface area contributed by atoms with Crippen molar-refractivity contribution in [2.75, 3.05) is 31.5 Å². The van der Waals surface area contributed by atoms with Crippen LogP contribution in [0.5, 0.6) is 0 Å². The van der Waals surface area contributed by atoms with Crippen molar-refractivity contribution < 1.29 is 26.7 Å². The molecule has 1 aliphatic rings. The van der Waals surface area contributed by atoms with Crippen LogP contribution in [0.3, 0.4) is 0 Å². The third-order valence-electron chi connectivity index (χ3n) is 3.98. The fraction of sp³-hybridized carbons (Fsp3) is 0.312. The maximum Gasteiger partial charge on any atom is 0.270 e. The number of rotatable bonds is 6. The first-order chi connectivity index (χ1) is 12.3. The van der Waals surface area contributed by atoms with Crippen LogP contribution in [-0.4, -0.2) is 50.6 Å². The molecule has 0 unspecified atom stereocenters. The number of methoxy groups -OCH3 is 1. The lowest BCUT2D eigenvalue weighted by Crippen LogP contribution is -2.41. The minimum Gasteiger partial charge on any atom is -0.383 e. The van der Waals surface area contributed by atoms with Gasteiger partial charge in [-0.25, -0.2) is 17.2 Å². The van der Waals surface area contributed by atoms with Crippen LogP contribution < -0.4 is 4.72 Å².